The highest BCUT2D eigenvalue weighted by atomic mass is 15.2. The molecule has 3 nitrogen and oxygen atoms in total. The largest absolute Gasteiger partial charge is 0.337 e. The summed E-state index contributed by atoms with van der Waals surface area (Å²) in [4.78, 5) is 5.80. The first-order valence-electron chi connectivity index (χ1n) is 3.49. The summed E-state index contributed by atoms with van der Waals surface area (Å²) in [6, 6.07) is 0. The standard InChI is InChI=1S/C8H15N3/c1-4-10-8(2)11(3)7-5-6-9/h4-5,7H,2,6,9H2,1,3H3/b7-5-,10-4?. The number of aliphatic imine (C=N–C) groups is 1. The topological polar surface area (TPSA) is 41.6 Å². The molecule has 0 saturated heterocycles. The Kier molecular flexibility index (Phi) is 5.11. The zero-order chi connectivity index (χ0) is 8.69. The summed E-state index contributed by atoms with van der Waals surface area (Å²) in [5.41, 5.74) is 5.27. The molecule has 2 N–H and O–H groups in total. The normalized spacial score (nSPS) is 11.2. The van der Waals surface area contributed by atoms with E-state index in [0.29, 0.717) is 12.4 Å². The molecule has 0 amide bonds. The van der Waals surface area contributed by atoms with Gasteiger partial charge in [-0.1, -0.05) is 12.7 Å². The van der Waals surface area contributed by atoms with Gasteiger partial charge in [0.2, 0.25) is 0 Å². The summed E-state index contributed by atoms with van der Waals surface area (Å²) < 4.78 is 0. The van der Waals surface area contributed by atoms with Crippen LogP contribution in [-0.2, 0) is 0 Å². The van der Waals surface area contributed by atoms with E-state index in [1.54, 1.807) is 6.21 Å². The fourth-order valence-corrected chi connectivity index (χ4v) is 0.545. The second kappa shape index (κ2) is 5.68. The van der Waals surface area contributed by atoms with E-state index in [1.807, 2.05) is 31.1 Å². The zero-order valence-corrected chi connectivity index (χ0v) is 7.12. The van der Waals surface area contributed by atoms with Crippen LogP contribution in [0.2, 0.25) is 0 Å². The highest BCUT2D eigenvalue weighted by Gasteiger charge is 1.91. The first kappa shape index (κ1) is 9.91. The highest BCUT2D eigenvalue weighted by Crippen LogP contribution is 1.98. The molecule has 0 unspecified atom stereocenters. The molecule has 0 rings (SSSR count). The van der Waals surface area contributed by atoms with Crippen molar-refractivity contribution in [1.82, 2.24) is 4.90 Å². The maximum Gasteiger partial charge on any atom is 0.124 e. The SMILES string of the molecule is C=C(N=CC)N(C)/C=C\CN. The molecule has 0 saturated carbocycles. The Bertz CT molecular complexity index is 170. The Hall–Kier alpha value is -1.09. The number of hydrogen-bond acceptors (Lipinski definition) is 3. The van der Waals surface area contributed by atoms with Crippen molar-refractivity contribution in [2.24, 2.45) is 10.7 Å². The van der Waals surface area contributed by atoms with E-state index in [1.165, 1.54) is 0 Å². The Morgan fingerprint density at radius 1 is 1.73 bits per heavy atom. The van der Waals surface area contributed by atoms with E-state index in [4.69, 9.17) is 5.73 Å². The van der Waals surface area contributed by atoms with Crippen LogP contribution in [0.25, 0.3) is 0 Å². The molecule has 0 aliphatic heterocycles. The van der Waals surface area contributed by atoms with Crippen LogP contribution < -0.4 is 5.73 Å². The van der Waals surface area contributed by atoms with Gasteiger partial charge in [-0.2, -0.15) is 0 Å². The number of nitrogens with two attached hydrogens (primary N) is 1. The molecule has 0 heterocycles. The van der Waals surface area contributed by atoms with Crippen molar-refractivity contribution in [2.45, 2.75) is 6.92 Å². The lowest BCUT2D eigenvalue weighted by Crippen LogP contribution is -2.08. The molecule has 0 aromatic rings. The predicted octanol–water partition coefficient (Wildman–Crippen LogP) is 0.952. The third-order valence-corrected chi connectivity index (χ3v) is 1.15. The summed E-state index contributed by atoms with van der Waals surface area (Å²) in [6.45, 7) is 6.12. The van der Waals surface area contributed by atoms with E-state index in [0.717, 1.165) is 0 Å². The van der Waals surface area contributed by atoms with Gasteiger partial charge in [0.1, 0.15) is 5.82 Å². The van der Waals surface area contributed by atoms with Gasteiger partial charge in [-0.15, -0.1) is 0 Å². The van der Waals surface area contributed by atoms with Crippen LogP contribution >= 0.6 is 0 Å². The van der Waals surface area contributed by atoms with Gasteiger partial charge in [0.05, 0.1) is 0 Å². The van der Waals surface area contributed by atoms with Crippen molar-refractivity contribution < 1.29 is 0 Å². The average Bonchev–Trinajstić information content (AvgIpc) is 2.00. The first-order valence-corrected chi connectivity index (χ1v) is 3.49. The molecular weight excluding hydrogens is 138 g/mol. The number of nitrogens with zero attached hydrogens (tertiary/aromatic N) is 2. The predicted molar refractivity (Wildman–Crippen MR) is 49.3 cm³/mol. The minimum atomic E-state index is 0.535. The summed E-state index contributed by atoms with van der Waals surface area (Å²) in [7, 11) is 1.88. The zero-order valence-electron chi connectivity index (χ0n) is 7.12. The minimum absolute atomic E-state index is 0.535. The maximum absolute atomic E-state index is 5.27. The Balaban J connectivity index is 3.92. The molecule has 0 aromatic carbocycles. The van der Waals surface area contributed by atoms with Crippen molar-refractivity contribution in [3.05, 3.63) is 24.7 Å². The average molecular weight is 153 g/mol. The van der Waals surface area contributed by atoms with Crippen LogP contribution in [-0.4, -0.2) is 24.7 Å². The van der Waals surface area contributed by atoms with Crippen molar-refractivity contribution in [1.29, 1.82) is 0 Å². The molecule has 0 atom stereocenters. The lowest BCUT2D eigenvalue weighted by molar-refractivity contribution is 0.564. The smallest absolute Gasteiger partial charge is 0.124 e. The molecule has 0 radical (unpaired) electrons. The third kappa shape index (κ3) is 4.33. The van der Waals surface area contributed by atoms with Gasteiger partial charge in [-0.3, -0.25) is 0 Å². The van der Waals surface area contributed by atoms with Crippen LogP contribution in [0.15, 0.2) is 29.7 Å². The second-order valence-electron chi connectivity index (χ2n) is 2.03. The molecule has 0 aliphatic rings. The quantitative estimate of drug-likeness (QED) is 0.611. The van der Waals surface area contributed by atoms with E-state index in [2.05, 4.69) is 11.6 Å². The third-order valence-electron chi connectivity index (χ3n) is 1.15. The molecule has 0 bridgehead atoms. The molecule has 3 heteroatoms. The van der Waals surface area contributed by atoms with Crippen molar-refractivity contribution in [3.8, 4) is 0 Å². The lowest BCUT2D eigenvalue weighted by Gasteiger charge is -2.11. The summed E-state index contributed by atoms with van der Waals surface area (Å²) in [5, 5.41) is 0. The van der Waals surface area contributed by atoms with Crippen molar-refractivity contribution in [3.63, 3.8) is 0 Å². The van der Waals surface area contributed by atoms with Crippen LogP contribution in [0, 0.1) is 0 Å². The van der Waals surface area contributed by atoms with Gasteiger partial charge in [0.25, 0.3) is 0 Å². The van der Waals surface area contributed by atoms with Crippen LogP contribution in [0.5, 0.6) is 0 Å². The van der Waals surface area contributed by atoms with E-state index >= 15 is 0 Å². The first-order chi connectivity index (χ1) is 5.22. The summed E-state index contributed by atoms with van der Waals surface area (Å²) >= 11 is 0. The van der Waals surface area contributed by atoms with E-state index < -0.39 is 0 Å². The lowest BCUT2D eigenvalue weighted by atomic mass is 10.5. The fraction of sp³-hybridized carbons (Fsp3) is 0.375. The number of rotatable bonds is 4. The van der Waals surface area contributed by atoms with Gasteiger partial charge < -0.3 is 10.6 Å². The van der Waals surface area contributed by atoms with Crippen LogP contribution in [0.3, 0.4) is 0 Å². The number of hydrogen-bond donors (Lipinski definition) is 1. The van der Waals surface area contributed by atoms with Crippen molar-refractivity contribution in [2.75, 3.05) is 13.6 Å². The van der Waals surface area contributed by atoms with Crippen molar-refractivity contribution >= 4 is 6.21 Å². The highest BCUT2D eigenvalue weighted by molar-refractivity contribution is 5.54. The van der Waals surface area contributed by atoms with Gasteiger partial charge in [-0.05, 0) is 6.92 Å². The van der Waals surface area contributed by atoms with E-state index in [9.17, 15) is 0 Å². The maximum atomic E-state index is 5.27. The Labute approximate surface area is 67.9 Å². The molecule has 0 aromatic heterocycles. The Morgan fingerprint density at radius 3 is 2.82 bits per heavy atom. The van der Waals surface area contributed by atoms with Gasteiger partial charge in [-0.25, -0.2) is 4.99 Å². The van der Waals surface area contributed by atoms with Gasteiger partial charge in [0, 0.05) is 26.0 Å². The monoisotopic (exact) mass is 153 g/mol. The van der Waals surface area contributed by atoms with Crippen LogP contribution in [0.4, 0.5) is 0 Å². The summed E-state index contributed by atoms with van der Waals surface area (Å²) in [5.74, 6) is 0.706. The Morgan fingerprint density at radius 2 is 2.36 bits per heavy atom. The molecule has 62 valence electrons. The van der Waals surface area contributed by atoms with Crippen LogP contribution in [0.1, 0.15) is 6.92 Å². The molecule has 0 spiro atoms. The molecule has 11 heavy (non-hydrogen) atoms. The minimum Gasteiger partial charge on any atom is -0.337 e. The van der Waals surface area contributed by atoms with E-state index in [-0.39, 0.29) is 0 Å². The fourth-order valence-electron chi connectivity index (χ4n) is 0.545. The van der Waals surface area contributed by atoms with Gasteiger partial charge >= 0.3 is 0 Å². The molecule has 0 aliphatic carbocycles. The van der Waals surface area contributed by atoms with Gasteiger partial charge in [0.15, 0.2) is 0 Å². The molecular formula is C8H15N3. The summed E-state index contributed by atoms with van der Waals surface area (Å²) in [6.07, 6.45) is 5.39. The molecule has 0 fully saturated rings. The second-order valence-corrected chi connectivity index (χ2v) is 2.03.